The van der Waals surface area contributed by atoms with Crippen LogP contribution >= 0.6 is 35.0 Å². The van der Waals surface area contributed by atoms with Crippen molar-refractivity contribution in [3.05, 3.63) is 81.9 Å². The number of thioether (sulfide) groups is 1. The van der Waals surface area contributed by atoms with Crippen LogP contribution in [0.5, 0.6) is 0 Å². The molecule has 2 aromatic carbocycles. The summed E-state index contributed by atoms with van der Waals surface area (Å²) in [6.45, 7) is 12.6. The number of aryl methyl sites for hydroxylation is 1. The van der Waals surface area contributed by atoms with Crippen LogP contribution in [0, 0.1) is 12.8 Å². The highest BCUT2D eigenvalue weighted by atomic mass is 35.5. The van der Waals surface area contributed by atoms with Crippen LogP contribution in [0.4, 0.5) is 0 Å². The lowest BCUT2D eigenvalue weighted by Gasteiger charge is -2.48. The lowest BCUT2D eigenvalue weighted by Crippen LogP contribution is -2.56. The van der Waals surface area contributed by atoms with Gasteiger partial charge in [-0.15, -0.1) is 6.58 Å². The summed E-state index contributed by atoms with van der Waals surface area (Å²) in [5.74, 6) is 1.45. The molecule has 0 bridgehead atoms. The Labute approximate surface area is 224 Å². The zero-order chi connectivity index (χ0) is 25.3. The minimum absolute atomic E-state index is 0.0470. The van der Waals surface area contributed by atoms with Crippen LogP contribution < -0.4 is 0 Å². The predicted molar refractivity (Wildman–Crippen MR) is 148 cm³/mol. The van der Waals surface area contributed by atoms with Crippen molar-refractivity contribution in [3.8, 4) is 0 Å². The molecule has 1 heterocycles. The van der Waals surface area contributed by atoms with Crippen LogP contribution in [0.1, 0.15) is 68.9 Å². The van der Waals surface area contributed by atoms with E-state index in [0.717, 1.165) is 35.3 Å². The van der Waals surface area contributed by atoms with Gasteiger partial charge in [-0.05, 0) is 60.6 Å². The molecule has 1 aliphatic carbocycles. The van der Waals surface area contributed by atoms with Crippen LogP contribution in [0.3, 0.4) is 0 Å². The Hall–Kier alpha value is -1.46. The van der Waals surface area contributed by atoms with Gasteiger partial charge in [-0.2, -0.15) is 11.8 Å². The maximum Gasteiger partial charge on any atom is 0.252 e. The van der Waals surface area contributed by atoms with E-state index in [2.05, 4.69) is 38.3 Å². The maximum absolute atomic E-state index is 14.1. The summed E-state index contributed by atoms with van der Waals surface area (Å²) >= 11 is 14.7. The van der Waals surface area contributed by atoms with Crippen molar-refractivity contribution in [3.63, 3.8) is 0 Å². The zero-order valence-electron chi connectivity index (χ0n) is 21.0. The van der Waals surface area contributed by atoms with Gasteiger partial charge in [-0.3, -0.25) is 4.79 Å². The van der Waals surface area contributed by atoms with E-state index in [1.54, 1.807) is 6.08 Å². The highest BCUT2D eigenvalue weighted by molar-refractivity contribution is 8.00. The van der Waals surface area contributed by atoms with Gasteiger partial charge in [0.2, 0.25) is 0 Å². The first kappa shape index (κ1) is 26.6. The Kier molecular flexibility index (Phi) is 8.27. The Balaban J connectivity index is 1.84. The topological polar surface area (TPSA) is 29.5 Å². The normalized spacial score (nSPS) is 23.9. The standard InChI is InChI=1S/C29H35Cl2NO2S/c1-6-7-25-28(33)32(24(19-10-11-19)17-35-29(3,4)5)26(20-12-14-22(30)15-13-20)27(34-25)21-9-8-18(2)23(31)16-21/h6,8-9,12-16,19,24-27H,1,7,10-11,17H2,2-5H3/t24-,25-,26-,27-/m1/s1. The SMILES string of the molecule is C=CC[C@H]1O[C@H](c2ccc(C)c(Cl)c2)[C@@H](c2ccc(Cl)cc2)N([C@H](CSC(C)(C)C)C2CC2)C1=O. The number of rotatable bonds is 8. The van der Waals surface area contributed by atoms with E-state index in [1.807, 2.05) is 55.1 Å². The molecule has 1 aliphatic heterocycles. The number of carbonyl (C=O) groups is 1. The summed E-state index contributed by atoms with van der Waals surface area (Å²) in [4.78, 5) is 16.2. The van der Waals surface area contributed by atoms with Crippen molar-refractivity contribution in [1.29, 1.82) is 0 Å². The molecule has 0 unspecified atom stereocenters. The number of ether oxygens (including phenoxy) is 1. The summed E-state index contributed by atoms with van der Waals surface area (Å²) in [6, 6.07) is 13.8. The van der Waals surface area contributed by atoms with E-state index < -0.39 is 6.10 Å². The monoisotopic (exact) mass is 531 g/mol. The highest BCUT2D eigenvalue weighted by Crippen LogP contribution is 2.49. The van der Waals surface area contributed by atoms with E-state index in [-0.39, 0.29) is 28.8 Å². The third kappa shape index (κ3) is 6.28. The molecule has 4 atom stereocenters. The van der Waals surface area contributed by atoms with Gasteiger partial charge < -0.3 is 9.64 Å². The van der Waals surface area contributed by atoms with E-state index >= 15 is 0 Å². The van der Waals surface area contributed by atoms with E-state index in [9.17, 15) is 4.79 Å². The maximum atomic E-state index is 14.1. The van der Waals surface area contributed by atoms with E-state index in [4.69, 9.17) is 27.9 Å². The molecule has 0 aromatic heterocycles. The van der Waals surface area contributed by atoms with Crippen LogP contribution in [-0.2, 0) is 9.53 Å². The largest absolute Gasteiger partial charge is 0.358 e. The van der Waals surface area contributed by atoms with Gasteiger partial charge in [0.25, 0.3) is 5.91 Å². The minimum atomic E-state index is -0.568. The number of carbonyl (C=O) groups excluding carboxylic acids is 1. The van der Waals surface area contributed by atoms with Crippen LogP contribution in [-0.4, -0.2) is 33.5 Å². The second kappa shape index (κ2) is 10.9. The number of halogens is 2. The molecule has 2 aromatic rings. The van der Waals surface area contributed by atoms with Gasteiger partial charge in [0.15, 0.2) is 0 Å². The first-order valence-corrected chi connectivity index (χ1v) is 14.1. The summed E-state index contributed by atoms with van der Waals surface area (Å²) in [5, 5.41) is 1.37. The number of benzene rings is 2. The van der Waals surface area contributed by atoms with Crippen molar-refractivity contribution in [2.45, 2.75) is 76.0 Å². The lowest BCUT2D eigenvalue weighted by atomic mass is 9.89. The third-order valence-electron chi connectivity index (χ3n) is 6.75. The van der Waals surface area contributed by atoms with Crippen LogP contribution in [0.25, 0.3) is 0 Å². The fourth-order valence-corrected chi connectivity index (χ4v) is 6.16. The van der Waals surface area contributed by atoms with Gasteiger partial charge in [0.1, 0.15) is 12.2 Å². The fraction of sp³-hybridized carbons (Fsp3) is 0.483. The Morgan fingerprint density at radius 1 is 1.14 bits per heavy atom. The molecule has 0 radical (unpaired) electrons. The Morgan fingerprint density at radius 3 is 2.37 bits per heavy atom. The first-order chi connectivity index (χ1) is 16.6. The van der Waals surface area contributed by atoms with Crippen LogP contribution in [0.2, 0.25) is 10.0 Å². The first-order valence-electron chi connectivity index (χ1n) is 12.3. The lowest BCUT2D eigenvalue weighted by molar-refractivity contribution is -0.178. The van der Waals surface area contributed by atoms with Crippen LogP contribution in [0.15, 0.2) is 55.1 Å². The average Bonchev–Trinajstić information content (AvgIpc) is 3.63. The molecule has 0 N–H and O–H groups in total. The molecule has 1 saturated carbocycles. The van der Waals surface area contributed by atoms with Crippen molar-refractivity contribution in [2.24, 2.45) is 5.92 Å². The van der Waals surface area contributed by atoms with E-state index in [1.165, 1.54) is 0 Å². The smallest absolute Gasteiger partial charge is 0.252 e. The Morgan fingerprint density at radius 2 is 1.80 bits per heavy atom. The zero-order valence-corrected chi connectivity index (χ0v) is 23.3. The molecule has 6 heteroatoms. The van der Waals surface area contributed by atoms with Crippen molar-refractivity contribution >= 4 is 40.9 Å². The molecule has 4 rings (SSSR count). The van der Waals surface area contributed by atoms with Gasteiger partial charge >= 0.3 is 0 Å². The Bertz CT molecular complexity index is 1060. The van der Waals surface area contributed by atoms with Gasteiger partial charge in [-0.25, -0.2) is 0 Å². The summed E-state index contributed by atoms with van der Waals surface area (Å²) < 4.78 is 6.70. The minimum Gasteiger partial charge on any atom is -0.358 e. The number of hydrogen-bond acceptors (Lipinski definition) is 3. The molecule has 3 nitrogen and oxygen atoms in total. The summed E-state index contributed by atoms with van der Waals surface area (Å²) in [5.41, 5.74) is 3.01. The predicted octanol–water partition coefficient (Wildman–Crippen LogP) is 8.20. The molecule has 188 valence electrons. The van der Waals surface area contributed by atoms with Gasteiger partial charge in [-0.1, -0.05) is 74.3 Å². The van der Waals surface area contributed by atoms with Gasteiger partial charge in [0, 0.05) is 33.0 Å². The molecular formula is C29H35Cl2NO2S. The van der Waals surface area contributed by atoms with Crippen molar-refractivity contribution in [1.82, 2.24) is 4.90 Å². The molecular weight excluding hydrogens is 497 g/mol. The number of nitrogens with zero attached hydrogens (tertiary/aromatic N) is 1. The summed E-state index contributed by atoms with van der Waals surface area (Å²) in [6.07, 6.45) is 3.64. The molecule has 1 amide bonds. The molecule has 2 aliphatic rings. The summed E-state index contributed by atoms with van der Waals surface area (Å²) in [7, 11) is 0. The number of hydrogen-bond donors (Lipinski definition) is 0. The second-order valence-electron chi connectivity index (χ2n) is 10.6. The fourth-order valence-electron chi connectivity index (χ4n) is 4.74. The average molecular weight is 533 g/mol. The molecule has 1 saturated heterocycles. The van der Waals surface area contributed by atoms with Crippen molar-refractivity contribution in [2.75, 3.05) is 5.75 Å². The highest BCUT2D eigenvalue weighted by Gasteiger charge is 2.49. The quantitative estimate of drug-likeness (QED) is 0.321. The number of morpholine rings is 1. The molecule has 0 spiro atoms. The molecule has 35 heavy (non-hydrogen) atoms. The molecule has 2 fully saturated rings. The van der Waals surface area contributed by atoms with Crippen molar-refractivity contribution < 1.29 is 9.53 Å². The van der Waals surface area contributed by atoms with E-state index in [0.29, 0.717) is 22.4 Å². The van der Waals surface area contributed by atoms with Gasteiger partial charge in [0.05, 0.1) is 6.04 Å². The third-order valence-corrected chi connectivity index (χ3v) is 8.79. The second-order valence-corrected chi connectivity index (χ2v) is 13.3. The number of amides is 1.